The molecule has 5 heteroatoms. The van der Waals surface area contributed by atoms with Crippen molar-refractivity contribution in [2.24, 2.45) is 0 Å². The number of carbonyl (C=O) groups excluding carboxylic acids is 1. The molecule has 0 aromatic heterocycles. The van der Waals surface area contributed by atoms with Crippen LogP contribution in [0.3, 0.4) is 0 Å². The standard InChI is InChI=1S/C12H16BNO3/c15-9-10-4-5-11(13(16)17)8-12(10)14-6-2-1-3-7-14/h4-5,8-9,16-17H,1-3,6-7H2. The normalized spacial score (nSPS) is 15.8. The molecule has 2 N–H and O–H groups in total. The molecule has 90 valence electrons. The zero-order valence-electron chi connectivity index (χ0n) is 9.67. The van der Waals surface area contributed by atoms with E-state index in [4.69, 9.17) is 10.0 Å². The Labute approximate surface area is 101 Å². The Hall–Kier alpha value is -1.33. The highest BCUT2D eigenvalue weighted by atomic mass is 16.4. The molecule has 1 fully saturated rings. The van der Waals surface area contributed by atoms with Gasteiger partial charge in [-0.2, -0.15) is 0 Å². The first-order valence-corrected chi connectivity index (χ1v) is 5.92. The van der Waals surface area contributed by atoms with Crippen molar-refractivity contribution in [1.82, 2.24) is 0 Å². The van der Waals surface area contributed by atoms with Crippen molar-refractivity contribution in [3.05, 3.63) is 23.8 Å². The fraction of sp³-hybridized carbons (Fsp3) is 0.417. The van der Waals surface area contributed by atoms with E-state index >= 15 is 0 Å². The predicted molar refractivity (Wildman–Crippen MR) is 67.7 cm³/mol. The highest BCUT2D eigenvalue weighted by molar-refractivity contribution is 6.58. The number of rotatable bonds is 3. The molecule has 17 heavy (non-hydrogen) atoms. The summed E-state index contributed by atoms with van der Waals surface area (Å²) < 4.78 is 0. The van der Waals surface area contributed by atoms with E-state index in [0.717, 1.165) is 37.9 Å². The Morgan fingerprint density at radius 1 is 1.18 bits per heavy atom. The number of aldehydes is 1. The molecule has 1 heterocycles. The number of carbonyl (C=O) groups is 1. The summed E-state index contributed by atoms with van der Waals surface area (Å²) in [4.78, 5) is 13.1. The largest absolute Gasteiger partial charge is 0.488 e. The zero-order chi connectivity index (χ0) is 12.3. The van der Waals surface area contributed by atoms with Crippen LogP contribution in [0.25, 0.3) is 0 Å². The first-order chi connectivity index (χ1) is 8.22. The van der Waals surface area contributed by atoms with Crippen LogP contribution in [0.4, 0.5) is 5.69 Å². The average Bonchev–Trinajstić information content (AvgIpc) is 2.39. The van der Waals surface area contributed by atoms with E-state index in [0.29, 0.717) is 11.0 Å². The molecule has 0 aliphatic carbocycles. The second kappa shape index (κ2) is 5.34. The van der Waals surface area contributed by atoms with Crippen LogP contribution in [0.1, 0.15) is 29.6 Å². The first kappa shape index (κ1) is 12.1. The topological polar surface area (TPSA) is 60.8 Å². The van der Waals surface area contributed by atoms with E-state index in [1.807, 2.05) is 0 Å². The number of anilines is 1. The van der Waals surface area contributed by atoms with E-state index in [1.54, 1.807) is 18.2 Å². The monoisotopic (exact) mass is 233 g/mol. The maximum atomic E-state index is 11.0. The summed E-state index contributed by atoms with van der Waals surface area (Å²) in [5.74, 6) is 0. The molecule has 1 aromatic carbocycles. The van der Waals surface area contributed by atoms with Crippen LogP contribution in [0, 0.1) is 0 Å². The SMILES string of the molecule is O=Cc1ccc(B(O)O)cc1N1CCCCC1. The Bertz CT molecular complexity index is 403. The minimum atomic E-state index is -1.49. The third-order valence-corrected chi connectivity index (χ3v) is 3.18. The zero-order valence-corrected chi connectivity index (χ0v) is 9.67. The van der Waals surface area contributed by atoms with Crippen LogP contribution in [0.15, 0.2) is 18.2 Å². The van der Waals surface area contributed by atoms with Gasteiger partial charge < -0.3 is 14.9 Å². The lowest BCUT2D eigenvalue weighted by molar-refractivity contribution is 0.112. The molecule has 2 rings (SSSR count). The fourth-order valence-corrected chi connectivity index (χ4v) is 2.23. The van der Waals surface area contributed by atoms with Crippen LogP contribution >= 0.6 is 0 Å². The van der Waals surface area contributed by atoms with Crippen molar-refractivity contribution in [2.75, 3.05) is 18.0 Å². The van der Waals surface area contributed by atoms with Crippen molar-refractivity contribution in [3.8, 4) is 0 Å². The van der Waals surface area contributed by atoms with Crippen molar-refractivity contribution >= 4 is 24.6 Å². The molecule has 0 spiro atoms. The molecule has 1 aliphatic heterocycles. The van der Waals surface area contributed by atoms with E-state index in [9.17, 15) is 4.79 Å². The molecular formula is C12H16BNO3. The molecule has 0 unspecified atom stereocenters. The second-order valence-corrected chi connectivity index (χ2v) is 4.36. The van der Waals surface area contributed by atoms with Gasteiger partial charge in [0.1, 0.15) is 0 Å². The summed E-state index contributed by atoms with van der Waals surface area (Å²) in [5, 5.41) is 18.3. The Morgan fingerprint density at radius 3 is 2.47 bits per heavy atom. The van der Waals surface area contributed by atoms with E-state index < -0.39 is 7.12 Å². The van der Waals surface area contributed by atoms with Gasteiger partial charge in [0, 0.05) is 24.3 Å². The maximum absolute atomic E-state index is 11.0. The molecule has 1 aromatic rings. The predicted octanol–water partition coefficient (Wildman–Crippen LogP) is 0.169. The maximum Gasteiger partial charge on any atom is 0.488 e. The van der Waals surface area contributed by atoms with Crippen LogP contribution in [-0.2, 0) is 0 Å². The van der Waals surface area contributed by atoms with Gasteiger partial charge in [0.05, 0.1) is 0 Å². The average molecular weight is 233 g/mol. The first-order valence-electron chi connectivity index (χ1n) is 5.92. The van der Waals surface area contributed by atoms with E-state index in [-0.39, 0.29) is 0 Å². The molecule has 0 atom stereocenters. The van der Waals surface area contributed by atoms with Gasteiger partial charge in [-0.05, 0) is 36.9 Å². The Kier molecular flexibility index (Phi) is 3.81. The van der Waals surface area contributed by atoms with Crippen LogP contribution in [0.2, 0.25) is 0 Å². The number of hydrogen-bond acceptors (Lipinski definition) is 4. The Balaban J connectivity index is 2.34. The van der Waals surface area contributed by atoms with Crippen molar-refractivity contribution < 1.29 is 14.8 Å². The van der Waals surface area contributed by atoms with E-state index in [1.165, 1.54) is 6.42 Å². The summed E-state index contributed by atoms with van der Waals surface area (Å²) in [5.41, 5.74) is 1.85. The van der Waals surface area contributed by atoms with Gasteiger partial charge >= 0.3 is 7.12 Å². The minimum Gasteiger partial charge on any atom is -0.423 e. The van der Waals surface area contributed by atoms with Crippen molar-refractivity contribution in [3.63, 3.8) is 0 Å². The van der Waals surface area contributed by atoms with Gasteiger partial charge in [0.15, 0.2) is 6.29 Å². The van der Waals surface area contributed by atoms with Gasteiger partial charge in [-0.15, -0.1) is 0 Å². The lowest BCUT2D eigenvalue weighted by Crippen LogP contribution is -2.34. The van der Waals surface area contributed by atoms with Crippen molar-refractivity contribution in [2.45, 2.75) is 19.3 Å². The molecule has 1 aliphatic rings. The molecular weight excluding hydrogens is 217 g/mol. The lowest BCUT2D eigenvalue weighted by atomic mass is 9.79. The minimum absolute atomic E-state index is 0.427. The number of piperidine rings is 1. The number of hydrogen-bond donors (Lipinski definition) is 2. The van der Waals surface area contributed by atoms with Gasteiger partial charge in [0.2, 0.25) is 0 Å². The Morgan fingerprint density at radius 2 is 1.88 bits per heavy atom. The van der Waals surface area contributed by atoms with Gasteiger partial charge in [-0.1, -0.05) is 6.07 Å². The third-order valence-electron chi connectivity index (χ3n) is 3.18. The molecule has 0 radical (unpaired) electrons. The summed E-state index contributed by atoms with van der Waals surface area (Å²) in [6.45, 7) is 1.84. The number of benzene rings is 1. The van der Waals surface area contributed by atoms with Gasteiger partial charge in [-0.3, -0.25) is 4.79 Å². The van der Waals surface area contributed by atoms with Crippen LogP contribution < -0.4 is 10.4 Å². The summed E-state index contributed by atoms with van der Waals surface area (Å²) in [6.07, 6.45) is 4.26. The second-order valence-electron chi connectivity index (χ2n) is 4.36. The highest BCUT2D eigenvalue weighted by Crippen LogP contribution is 2.22. The van der Waals surface area contributed by atoms with E-state index in [2.05, 4.69) is 4.90 Å². The quantitative estimate of drug-likeness (QED) is 0.577. The van der Waals surface area contributed by atoms with Crippen molar-refractivity contribution in [1.29, 1.82) is 0 Å². The fourth-order valence-electron chi connectivity index (χ4n) is 2.23. The smallest absolute Gasteiger partial charge is 0.423 e. The molecule has 0 bridgehead atoms. The molecule has 0 saturated carbocycles. The summed E-state index contributed by atoms with van der Waals surface area (Å²) >= 11 is 0. The summed E-state index contributed by atoms with van der Waals surface area (Å²) in [6, 6.07) is 4.91. The van der Waals surface area contributed by atoms with Crippen LogP contribution in [-0.4, -0.2) is 36.5 Å². The lowest BCUT2D eigenvalue weighted by Gasteiger charge is -2.30. The molecule has 0 amide bonds. The van der Waals surface area contributed by atoms with Gasteiger partial charge in [-0.25, -0.2) is 0 Å². The highest BCUT2D eigenvalue weighted by Gasteiger charge is 2.18. The summed E-state index contributed by atoms with van der Waals surface area (Å²) in [7, 11) is -1.49. The molecule has 1 saturated heterocycles. The third kappa shape index (κ3) is 2.68. The number of nitrogens with zero attached hydrogens (tertiary/aromatic N) is 1. The van der Waals surface area contributed by atoms with Gasteiger partial charge in [0.25, 0.3) is 0 Å². The molecule has 4 nitrogen and oxygen atoms in total. The van der Waals surface area contributed by atoms with Crippen LogP contribution in [0.5, 0.6) is 0 Å².